The van der Waals surface area contributed by atoms with Crippen LogP contribution in [-0.4, -0.2) is 61.5 Å². The van der Waals surface area contributed by atoms with E-state index in [1.165, 1.54) is 0 Å². The van der Waals surface area contributed by atoms with E-state index in [0.29, 0.717) is 12.3 Å². The van der Waals surface area contributed by atoms with E-state index < -0.39 is 11.9 Å². The monoisotopic (exact) mass is 370 g/mol. The molecule has 1 aromatic carbocycles. The summed E-state index contributed by atoms with van der Waals surface area (Å²) in [6, 6.07) is 8.59. The van der Waals surface area contributed by atoms with E-state index >= 15 is 0 Å². The van der Waals surface area contributed by atoms with E-state index in [1.807, 2.05) is 24.9 Å². The first-order valence-corrected chi connectivity index (χ1v) is 9.17. The molecular formula is C20H26N4O3. The third kappa shape index (κ3) is 6.12. The molecule has 1 aliphatic heterocycles. The second-order valence-electron chi connectivity index (χ2n) is 6.48. The third-order valence-corrected chi connectivity index (χ3v) is 4.34. The van der Waals surface area contributed by atoms with E-state index in [4.69, 9.17) is 4.74 Å². The molecule has 0 aliphatic carbocycles. The maximum absolute atomic E-state index is 12.5. The molecule has 1 amide bonds. The molecule has 1 aromatic rings. The average molecular weight is 370 g/mol. The van der Waals surface area contributed by atoms with Crippen LogP contribution in [0.15, 0.2) is 36.0 Å². The zero-order valence-corrected chi connectivity index (χ0v) is 15.9. The number of esters is 1. The van der Waals surface area contributed by atoms with Crippen LogP contribution < -0.4 is 5.32 Å². The molecule has 1 saturated heterocycles. The third-order valence-electron chi connectivity index (χ3n) is 4.34. The SMILES string of the molecule is CCCCOC(=O)c1ccccc1NC(=O)/C(C#N)=C\N1CCN(C)CC1. The number of para-hydroxylation sites is 1. The molecule has 0 unspecified atom stereocenters. The molecule has 27 heavy (non-hydrogen) atoms. The van der Waals surface area contributed by atoms with Crippen LogP contribution in [0.1, 0.15) is 30.1 Å². The molecule has 7 nitrogen and oxygen atoms in total. The number of amides is 1. The first-order valence-electron chi connectivity index (χ1n) is 9.17. The standard InChI is InChI=1S/C20H26N4O3/c1-3-4-13-27-20(26)17-7-5-6-8-18(17)22-19(25)16(14-21)15-24-11-9-23(2)10-12-24/h5-8,15H,3-4,9-13H2,1-2H3,(H,22,25)/b16-15-. The molecule has 0 aromatic heterocycles. The van der Waals surface area contributed by atoms with Crippen LogP contribution in [0.2, 0.25) is 0 Å². The van der Waals surface area contributed by atoms with E-state index in [1.54, 1.807) is 30.5 Å². The van der Waals surface area contributed by atoms with Gasteiger partial charge in [0.25, 0.3) is 5.91 Å². The van der Waals surface area contributed by atoms with Gasteiger partial charge in [0.2, 0.25) is 0 Å². The van der Waals surface area contributed by atoms with Gasteiger partial charge in [-0.15, -0.1) is 0 Å². The van der Waals surface area contributed by atoms with Crippen molar-refractivity contribution in [3.05, 3.63) is 41.6 Å². The van der Waals surface area contributed by atoms with Crippen LogP contribution in [0, 0.1) is 11.3 Å². The number of likely N-dealkylation sites (N-methyl/N-ethyl adjacent to an activating group) is 1. The molecule has 144 valence electrons. The van der Waals surface area contributed by atoms with Crippen molar-refractivity contribution in [1.82, 2.24) is 9.80 Å². The van der Waals surface area contributed by atoms with Crippen LogP contribution in [0.25, 0.3) is 0 Å². The molecule has 1 fully saturated rings. The van der Waals surface area contributed by atoms with Crippen LogP contribution in [-0.2, 0) is 9.53 Å². The minimum Gasteiger partial charge on any atom is -0.462 e. The van der Waals surface area contributed by atoms with Gasteiger partial charge in [0.05, 0.1) is 17.9 Å². The zero-order valence-electron chi connectivity index (χ0n) is 15.9. The van der Waals surface area contributed by atoms with Gasteiger partial charge in [-0.3, -0.25) is 4.79 Å². The molecule has 0 bridgehead atoms. The number of hydrogen-bond acceptors (Lipinski definition) is 6. The van der Waals surface area contributed by atoms with Crippen LogP contribution in [0.5, 0.6) is 0 Å². The zero-order chi connectivity index (χ0) is 19.6. The highest BCUT2D eigenvalue weighted by atomic mass is 16.5. The molecule has 0 spiro atoms. The first kappa shape index (κ1) is 20.5. The van der Waals surface area contributed by atoms with Crippen molar-refractivity contribution in [2.24, 2.45) is 0 Å². The maximum atomic E-state index is 12.5. The molecule has 0 atom stereocenters. The van der Waals surface area contributed by atoms with Crippen LogP contribution in [0.4, 0.5) is 5.69 Å². The average Bonchev–Trinajstić information content (AvgIpc) is 2.68. The van der Waals surface area contributed by atoms with E-state index in [0.717, 1.165) is 39.0 Å². The number of rotatable bonds is 7. The van der Waals surface area contributed by atoms with Crippen molar-refractivity contribution in [1.29, 1.82) is 5.26 Å². The number of ether oxygens (including phenoxy) is 1. The lowest BCUT2D eigenvalue weighted by Crippen LogP contribution is -2.42. The van der Waals surface area contributed by atoms with Gasteiger partial charge in [0, 0.05) is 32.4 Å². The Hall–Kier alpha value is -2.85. The van der Waals surface area contributed by atoms with Gasteiger partial charge in [0.15, 0.2) is 0 Å². The first-order chi connectivity index (χ1) is 13.0. The molecule has 7 heteroatoms. The Morgan fingerprint density at radius 1 is 1.26 bits per heavy atom. The summed E-state index contributed by atoms with van der Waals surface area (Å²) >= 11 is 0. The van der Waals surface area contributed by atoms with Gasteiger partial charge in [-0.2, -0.15) is 5.26 Å². The van der Waals surface area contributed by atoms with Gasteiger partial charge < -0.3 is 19.9 Å². The molecule has 1 heterocycles. The van der Waals surface area contributed by atoms with Crippen molar-refractivity contribution >= 4 is 17.6 Å². The van der Waals surface area contributed by atoms with Crippen molar-refractivity contribution in [3.63, 3.8) is 0 Å². The number of anilines is 1. The van der Waals surface area contributed by atoms with Gasteiger partial charge in [-0.25, -0.2) is 4.79 Å². The summed E-state index contributed by atoms with van der Waals surface area (Å²) in [6.45, 7) is 5.62. The van der Waals surface area contributed by atoms with Crippen molar-refractivity contribution in [2.45, 2.75) is 19.8 Å². The quantitative estimate of drug-likeness (QED) is 0.343. The highest BCUT2D eigenvalue weighted by Crippen LogP contribution is 2.17. The summed E-state index contributed by atoms with van der Waals surface area (Å²) in [7, 11) is 2.04. The number of nitriles is 1. The molecule has 1 aliphatic rings. The van der Waals surface area contributed by atoms with E-state index in [9.17, 15) is 14.9 Å². The Morgan fingerprint density at radius 3 is 2.63 bits per heavy atom. The molecule has 0 saturated carbocycles. The molecule has 2 rings (SSSR count). The number of carbonyl (C=O) groups is 2. The number of benzene rings is 1. The lowest BCUT2D eigenvalue weighted by atomic mass is 10.1. The van der Waals surface area contributed by atoms with E-state index in [2.05, 4.69) is 10.2 Å². The van der Waals surface area contributed by atoms with Crippen LogP contribution in [0.3, 0.4) is 0 Å². The van der Waals surface area contributed by atoms with Crippen molar-refractivity contribution in [2.75, 3.05) is 45.2 Å². The number of nitrogens with one attached hydrogen (secondary N) is 1. The number of unbranched alkanes of at least 4 members (excludes halogenated alkanes) is 1. The predicted molar refractivity (Wildman–Crippen MR) is 103 cm³/mol. The predicted octanol–water partition coefficient (Wildman–Crippen LogP) is 2.24. The number of nitrogens with zero attached hydrogens (tertiary/aromatic N) is 3. The minimum atomic E-state index is -0.537. The number of hydrogen-bond donors (Lipinski definition) is 1. The Labute approximate surface area is 160 Å². The Bertz CT molecular complexity index is 731. The summed E-state index contributed by atoms with van der Waals surface area (Å²) in [5, 5.41) is 12.0. The molecule has 1 N–H and O–H groups in total. The second-order valence-corrected chi connectivity index (χ2v) is 6.48. The smallest absolute Gasteiger partial charge is 0.340 e. The van der Waals surface area contributed by atoms with E-state index in [-0.39, 0.29) is 11.1 Å². The fourth-order valence-corrected chi connectivity index (χ4v) is 2.62. The van der Waals surface area contributed by atoms with Crippen LogP contribution >= 0.6 is 0 Å². The largest absolute Gasteiger partial charge is 0.462 e. The molecule has 0 radical (unpaired) electrons. The summed E-state index contributed by atoms with van der Waals surface area (Å²) in [5.74, 6) is -1.02. The van der Waals surface area contributed by atoms with Gasteiger partial charge in [-0.05, 0) is 25.6 Å². The fourth-order valence-electron chi connectivity index (χ4n) is 2.62. The lowest BCUT2D eigenvalue weighted by molar-refractivity contribution is -0.112. The van der Waals surface area contributed by atoms with Crippen molar-refractivity contribution in [3.8, 4) is 6.07 Å². The van der Waals surface area contributed by atoms with Gasteiger partial charge in [0.1, 0.15) is 11.6 Å². The highest BCUT2D eigenvalue weighted by molar-refractivity contribution is 6.09. The Morgan fingerprint density at radius 2 is 1.96 bits per heavy atom. The number of piperazine rings is 1. The van der Waals surface area contributed by atoms with Gasteiger partial charge in [-0.1, -0.05) is 25.5 Å². The summed E-state index contributed by atoms with van der Waals surface area (Å²) in [4.78, 5) is 28.9. The highest BCUT2D eigenvalue weighted by Gasteiger charge is 2.18. The van der Waals surface area contributed by atoms with Gasteiger partial charge >= 0.3 is 5.97 Å². The Kier molecular flexibility index (Phi) is 7.83. The summed E-state index contributed by atoms with van der Waals surface area (Å²) < 4.78 is 5.23. The Balaban J connectivity index is 2.08. The maximum Gasteiger partial charge on any atom is 0.340 e. The number of carbonyl (C=O) groups excluding carboxylic acids is 2. The normalized spacial score (nSPS) is 15.1. The fraction of sp³-hybridized carbons (Fsp3) is 0.450. The van der Waals surface area contributed by atoms with Crippen molar-refractivity contribution < 1.29 is 14.3 Å². The summed E-state index contributed by atoms with van der Waals surface area (Å²) in [5.41, 5.74) is 0.621. The topological polar surface area (TPSA) is 85.7 Å². The lowest BCUT2D eigenvalue weighted by Gasteiger charge is -2.31. The summed E-state index contributed by atoms with van der Waals surface area (Å²) in [6.07, 6.45) is 3.30. The molecular weight excluding hydrogens is 344 g/mol. The minimum absolute atomic E-state index is 0.00806. The second kappa shape index (κ2) is 10.3.